The van der Waals surface area contributed by atoms with E-state index in [4.69, 9.17) is 20.9 Å². The zero-order valence-electron chi connectivity index (χ0n) is 11.2. The highest BCUT2D eigenvalue weighted by molar-refractivity contribution is 7.92. The van der Waals surface area contributed by atoms with Gasteiger partial charge in [-0.3, -0.25) is 0 Å². The predicted molar refractivity (Wildman–Crippen MR) is 74.5 cm³/mol. The summed E-state index contributed by atoms with van der Waals surface area (Å²) in [7, 11) is -3.23. The van der Waals surface area contributed by atoms with Crippen LogP contribution in [0.1, 0.15) is 18.4 Å². The molecule has 110 valence electrons. The molecule has 6 nitrogen and oxygen atoms in total. The van der Waals surface area contributed by atoms with Crippen LogP contribution in [0, 0.1) is 0 Å². The smallest absolute Gasteiger partial charge is 0.231 e. The van der Waals surface area contributed by atoms with E-state index >= 15 is 0 Å². The third-order valence-electron chi connectivity index (χ3n) is 4.20. The Morgan fingerprint density at radius 2 is 2.05 bits per heavy atom. The summed E-state index contributed by atoms with van der Waals surface area (Å²) < 4.78 is 34.9. The number of nitrogens with two attached hydrogens (primary N) is 2. The van der Waals surface area contributed by atoms with E-state index in [1.165, 1.54) is 0 Å². The highest BCUT2D eigenvalue weighted by atomic mass is 32.2. The van der Waals surface area contributed by atoms with Crippen molar-refractivity contribution in [1.82, 2.24) is 0 Å². The Bertz CT molecular complexity index is 646. The van der Waals surface area contributed by atoms with Crippen molar-refractivity contribution in [1.29, 1.82) is 0 Å². The van der Waals surface area contributed by atoms with Crippen molar-refractivity contribution in [3.05, 3.63) is 23.8 Å². The van der Waals surface area contributed by atoms with E-state index in [0.29, 0.717) is 11.5 Å². The number of sulfone groups is 1. The average molecular weight is 298 g/mol. The van der Waals surface area contributed by atoms with Gasteiger partial charge in [-0.2, -0.15) is 0 Å². The van der Waals surface area contributed by atoms with E-state index in [0.717, 1.165) is 5.56 Å². The Balaban J connectivity index is 1.98. The second-order valence-corrected chi connectivity index (χ2v) is 7.69. The van der Waals surface area contributed by atoms with Crippen molar-refractivity contribution in [2.24, 2.45) is 11.5 Å². The molecule has 0 spiro atoms. The van der Waals surface area contributed by atoms with Gasteiger partial charge in [-0.15, -0.1) is 0 Å². The van der Waals surface area contributed by atoms with E-state index in [9.17, 15) is 8.42 Å². The van der Waals surface area contributed by atoms with Crippen LogP contribution >= 0.6 is 0 Å². The molecule has 3 rings (SSSR count). The standard InChI is InChI=1S/C13H18N2O4S/c1-2-20(16,17)12-11(13(12,15)6-14)8-3-4-9-10(5-8)19-7-18-9/h3-5,11-12H,2,6-7,14-15H2,1H3/t11-,12-,13+/m1/s1. The number of benzene rings is 1. The third kappa shape index (κ3) is 1.81. The van der Waals surface area contributed by atoms with Crippen molar-refractivity contribution in [3.8, 4) is 11.5 Å². The van der Waals surface area contributed by atoms with Crippen molar-refractivity contribution in [2.75, 3.05) is 19.1 Å². The fourth-order valence-corrected chi connectivity index (χ4v) is 5.00. The second-order valence-electron chi connectivity index (χ2n) is 5.28. The molecular formula is C13H18N2O4S. The third-order valence-corrected chi connectivity index (χ3v) is 6.49. The van der Waals surface area contributed by atoms with Crippen molar-refractivity contribution < 1.29 is 17.9 Å². The van der Waals surface area contributed by atoms with Gasteiger partial charge in [0.15, 0.2) is 21.3 Å². The summed E-state index contributed by atoms with van der Waals surface area (Å²) in [4.78, 5) is 0. The van der Waals surface area contributed by atoms with Crippen LogP contribution in [-0.2, 0) is 9.84 Å². The topological polar surface area (TPSA) is 105 Å². The molecule has 0 radical (unpaired) electrons. The molecule has 0 aromatic heterocycles. The fourth-order valence-electron chi connectivity index (χ4n) is 2.98. The monoisotopic (exact) mass is 298 g/mol. The zero-order valence-corrected chi connectivity index (χ0v) is 12.0. The summed E-state index contributed by atoms with van der Waals surface area (Å²) >= 11 is 0. The average Bonchev–Trinajstić information content (AvgIpc) is 2.83. The summed E-state index contributed by atoms with van der Waals surface area (Å²) in [6, 6.07) is 5.42. The largest absolute Gasteiger partial charge is 0.454 e. The highest BCUT2D eigenvalue weighted by Gasteiger charge is 2.67. The maximum atomic E-state index is 12.2. The minimum Gasteiger partial charge on any atom is -0.454 e. The molecule has 4 N–H and O–H groups in total. The lowest BCUT2D eigenvalue weighted by Gasteiger charge is -2.08. The number of rotatable bonds is 4. The van der Waals surface area contributed by atoms with Gasteiger partial charge in [-0.25, -0.2) is 8.42 Å². The molecule has 3 atom stereocenters. The molecule has 1 aromatic carbocycles. The van der Waals surface area contributed by atoms with Crippen molar-refractivity contribution in [3.63, 3.8) is 0 Å². The SMILES string of the molecule is CCS(=O)(=O)[C@@H]1[C@@H](c2ccc3c(c2)OCO3)[C@@]1(N)CN. The molecular weight excluding hydrogens is 280 g/mol. The van der Waals surface area contributed by atoms with Gasteiger partial charge < -0.3 is 20.9 Å². The Morgan fingerprint density at radius 1 is 1.35 bits per heavy atom. The molecule has 0 unspecified atom stereocenters. The second kappa shape index (κ2) is 4.34. The van der Waals surface area contributed by atoms with E-state index in [1.807, 2.05) is 6.07 Å². The van der Waals surface area contributed by atoms with Crippen LogP contribution < -0.4 is 20.9 Å². The lowest BCUT2D eigenvalue weighted by molar-refractivity contribution is 0.174. The van der Waals surface area contributed by atoms with Gasteiger partial charge in [0.25, 0.3) is 0 Å². The summed E-state index contributed by atoms with van der Waals surface area (Å²) in [6.45, 7) is 1.95. The molecule has 1 aliphatic carbocycles. The van der Waals surface area contributed by atoms with Crippen LogP contribution in [0.4, 0.5) is 0 Å². The molecule has 2 aliphatic rings. The van der Waals surface area contributed by atoms with Gasteiger partial charge in [-0.1, -0.05) is 13.0 Å². The number of hydrogen-bond acceptors (Lipinski definition) is 6. The Hall–Kier alpha value is -1.31. The first-order valence-corrected chi connectivity index (χ1v) is 8.25. The van der Waals surface area contributed by atoms with E-state index < -0.39 is 20.6 Å². The molecule has 0 bridgehead atoms. The van der Waals surface area contributed by atoms with E-state index in [-0.39, 0.29) is 25.0 Å². The minimum absolute atomic E-state index is 0.0671. The maximum Gasteiger partial charge on any atom is 0.231 e. The van der Waals surface area contributed by atoms with E-state index in [2.05, 4.69) is 0 Å². The van der Waals surface area contributed by atoms with Crippen LogP contribution in [0.5, 0.6) is 11.5 Å². The quantitative estimate of drug-likeness (QED) is 0.809. The fraction of sp³-hybridized carbons (Fsp3) is 0.538. The summed E-state index contributed by atoms with van der Waals surface area (Å²) in [5, 5.41) is -0.620. The molecule has 0 saturated heterocycles. The summed E-state index contributed by atoms with van der Waals surface area (Å²) in [6.07, 6.45) is 0. The van der Waals surface area contributed by atoms with Crippen molar-refractivity contribution in [2.45, 2.75) is 23.6 Å². The van der Waals surface area contributed by atoms with Crippen LogP contribution in [0.15, 0.2) is 18.2 Å². The maximum absolute atomic E-state index is 12.2. The van der Waals surface area contributed by atoms with Crippen LogP contribution in [0.3, 0.4) is 0 Å². The number of ether oxygens (including phenoxy) is 2. The first kappa shape index (κ1) is 13.7. The first-order chi connectivity index (χ1) is 9.44. The molecule has 1 aliphatic heterocycles. The predicted octanol–water partition coefficient (Wildman–Crippen LogP) is -0.0280. The molecule has 1 aromatic rings. The normalized spacial score (nSPS) is 31.4. The Kier molecular flexibility index (Phi) is 2.97. The summed E-state index contributed by atoms with van der Waals surface area (Å²) in [5.74, 6) is 1.07. The van der Waals surface area contributed by atoms with Gasteiger partial charge in [0.2, 0.25) is 6.79 Å². The highest BCUT2D eigenvalue weighted by Crippen LogP contribution is 2.54. The van der Waals surface area contributed by atoms with Crippen LogP contribution in [0.25, 0.3) is 0 Å². The Morgan fingerprint density at radius 3 is 2.70 bits per heavy atom. The lowest BCUT2D eigenvalue weighted by Crippen LogP contribution is -2.39. The number of fused-ring (bicyclic) bond motifs is 1. The summed E-state index contributed by atoms with van der Waals surface area (Å²) in [5.41, 5.74) is 11.9. The van der Waals surface area contributed by atoms with Gasteiger partial charge in [0, 0.05) is 18.2 Å². The van der Waals surface area contributed by atoms with E-state index in [1.54, 1.807) is 19.1 Å². The van der Waals surface area contributed by atoms with Crippen LogP contribution in [-0.4, -0.2) is 38.3 Å². The Labute approximate surface area is 118 Å². The molecule has 7 heteroatoms. The van der Waals surface area contributed by atoms with Gasteiger partial charge >= 0.3 is 0 Å². The lowest BCUT2D eigenvalue weighted by atomic mass is 10.1. The van der Waals surface area contributed by atoms with Crippen molar-refractivity contribution >= 4 is 9.84 Å². The van der Waals surface area contributed by atoms with Gasteiger partial charge in [0.1, 0.15) is 0 Å². The zero-order chi connectivity index (χ0) is 14.5. The molecule has 0 amide bonds. The minimum atomic E-state index is -3.23. The first-order valence-electron chi connectivity index (χ1n) is 6.54. The number of hydrogen-bond donors (Lipinski definition) is 2. The molecule has 1 saturated carbocycles. The van der Waals surface area contributed by atoms with Crippen LogP contribution in [0.2, 0.25) is 0 Å². The van der Waals surface area contributed by atoms with Gasteiger partial charge in [-0.05, 0) is 17.7 Å². The van der Waals surface area contributed by atoms with Gasteiger partial charge in [0.05, 0.1) is 10.8 Å². The molecule has 20 heavy (non-hydrogen) atoms. The molecule has 1 heterocycles. The molecule has 1 fully saturated rings.